The number of ether oxygens (including phenoxy) is 1. The second kappa shape index (κ2) is 4.82. The van der Waals surface area contributed by atoms with E-state index in [1.807, 2.05) is 44.2 Å². The zero-order valence-corrected chi connectivity index (χ0v) is 9.83. The number of hydrogen-bond donors (Lipinski definition) is 0. The zero-order chi connectivity index (χ0) is 12.3. The summed E-state index contributed by atoms with van der Waals surface area (Å²) < 4.78 is 6.74. The first-order valence-electron chi connectivity index (χ1n) is 5.48. The Kier molecular flexibility index (Phi) is 3.23. The number of hydrogen-bond acceptors (Lipinski definition) is 3. The van der Waals surface area contributed by atoms with Gasteiger partial charge in [-0.25, -0.2) is 9.48 Å². The number of benzene rings is 1. The number of esters is 1. The largest absolute Gasteiger partial charge is 0.459 e. The maximum atomic E-state index is 11.6. The number of nitrogens with zero attached hydrogens (tertiary/aromatic N) is 2. The molecule has 0 N–H and O–H groups in total. The van der Waals surface area contributed by atoms with Crippen LogP contribution in [-0.2, 0) is 4.74 Å². The van der Waals surface area contributed by atoms with Gasteiger partial charge in [-0.3, -0.25) is 0 Å². The molecule has 1 heterocycles. The van der Waals surface area contributed by atoms with Crippen LogP contribution in [0.25, 0.3) is 5.69 Å². The summed E-state index contributed by atoms with van der Waals surface area (Å²) in [5, 5.41) is 4.13. The molecule has 0 aliphatic heterocycles. The van der Waals surface area contributed by atoms with Crippen LogP contribution in [-0.4, -0.2) is 21.9 Å². The van der Waals surface area contributed by atoms with Gasteiger partial charge in [-0.15, -0.1) is 0 Å². The number of carbonyl (C=O) groups is 1. The van der Waals surface area contributed by atoms with Crippen LogP contribution in [0.5, 0.6) is 0 Å². The van der Waals surface area contributed by atoms with Gasteiger partial charge in [0.2, 0.25) is 0 Å². The number of carbonyl (C=O) groups excluding carboxylic acids is 1. The van der Waals surface area contributed by atoms with Crippen LogP contribution in [0, 0.1) is 0 Å². The van der Waals surface area contributed by atoms with Crippen molar-refractivity contribution in [3.8, 4) is 5.69 Å². The van der Waals surface area contributed by atoms with Gasteiger partial charge in [0, 0.05) is 6.20 Å². The van der Waals surface area contributed by atoms with Crippen molar-refractivity contribution in [2.45, 2.75) is 20.0 Å². The maximum absolute atomic E-state index is 11.6. The summed E-state index contributed by atoms with van der Waals surface area (Å²) in [4.78, 5) is 11.6. The molecule has 88 valence electrons. The summed E-state index contributed by atoms with van der Waals surface area (Å²) in [5.41, 5.74) is 1.37. The summed E-state index contributed by atoms with van der Waals surface area (Å²) in [7, 11) is 0. The molecule has 1 aromatic carbocycles. The lowest BCUT2D eigenvalue weighted by atomic mass is 10.3. The summed E-state index contributed by atoms with van der Waals surface area (Å²) in [5.74, 6) is -0.345. The predicted molar refractivity (Wildman–Crippen MR) is 64.1 cm³/mol. The molecule has 2 aromatic rings. The highest BCUT2D eigenvalue weighted by Crippen LogP contribution is 2.09. The summed E-state index contributed by atoms with van der Waals surface area (Å²) in [6.45, 7) is 3.64. The minimum atomic E-state index is -0.345. The quantitative estimate of drug-likeness (QED) is 0.761. The van der Waals surface area contributed by atoms with Crippen molar-refractivity contribution in [2.75, 3.05) is 0 Å². The Morgan fingerprint density at radius 3 is 2.65 bits per heavy atom. The predicted octanol–water partition coefficient (Wildman–Crippen LogP) is 2.44. The monoisotopic (exact) mass is 230 g/mol. The normalized spacial score (nSPS) is 10.5. The van der Waals surface area contributed by atoms with Crippen molar-refractivity contribution in [1.29, 1.82) is 0 Å². The van der Waals surface area contributed by atoms with Gasteiger partial charge in [0.25, 0.3) is 0 Å². The molecule has 0 aliphatic rings. The maximum Gasteiger partial charge on any atom is 0.341 e. The first-order chi connectivity index (χ1) is 8.16. The molecule has 0 saturated carbocycles. The van der Waals surface area contributed by atoms with E-state index in [1.165, 1.54) is 6.20 Å². The van der Waals surface area contributed by atoms with E-state index in [0.717, 1.165) is 5.69 Å². The third-order valence-corrected chi connectivity index (χ3v) is 2.18. The third-order valence-electron chi connectivity index (χ3n) is 2.18. The molecule has 1 aromatic heterocycles. The molecule has 0 aliphatic carbocycles. The summed E-state index contributed by atoms with van der Waals surface area (Å²) in [6.07, 6.45) is 3.06. The van der Waals surface area contributed by atoms with Crippen LogP contribution in [0.4, 0.5) is 0 Å². The average molecular weight is 230 g/mol. The molecule has 0 bridgehead atoms. The van der Waals surface area contributed by atoms with Gasteiger partial charge in [0.1, 0.15) is 0 Å². The van der Waals surface area contributed by atoms with E-state index in [2.05, 4.69) is 5.10 Å². The van der Waals surface area contributed by atoms with E-state index < -0.39 is 0 Å². The highest BCUT2D eigenvalue weighted by atomic mass is 16.5. The van der Waals surface area contributed by atoms with Crippen molar-refractivity contribution in [3.63, 3.8) is 0 Å². The zero-order valence-electron chi connectivity index (χ0n) is 9.83. The number of aromatic nitrogens is 2. The smallest absolute Gasteiger partial charge is 0.341 e. The third kappa shape index (κ3) is 2.72. The van der Waals surface area contributed by atoms with Gasteiger partial charge in [-0.1, -0.05) is 18.2 Å². The molecule has 4 heteroatoms. The molecule has 0 fully saturated rings. The molecule has 0 atom stereocenters. The van der Waals surface area contributed by atoms with Crippen molar-refractivity contribution in [1.82, 2.24) is 9.78 Å². The fourth-order valence-electron chi connectivity index (χ4n) is 1.43. The van der Waals surface area contributed by atoms with Gasteiger partial charge in [-0.2, -0.15) is 5.10 Å². The van der Waals surface area contributed by atoms with Gasteiger partial charge in [0.05, 0.1) is 23.6 Å². The minimum absolute atomic E-state index is 0.123. The van der Waals surface area contributed by atoms with Gasteiger partial charge < -0.3 is 4.74 Å². The highest BCUT2D eigenvalue weighted by Gasteiger charge is 2.11. The first-order valence-corrected chi connectivity index (χ1v) is 5.48. The molecule has 0 unspecified atom stereocenters. The van der Waals surface area contributed by atoms with Crippen molar-refractivity contribution in [3.05, 3.63) is 48.3 Å². The van der Waals surface area contributed by atoms with E-state index in [9.17, 15) is 4.79 Å². The van der Waals surface area contributed by atoms with Crippen LogP contribution in [0.1, 0.15) is 24.2 Å². The molecule has 0 spiro atoms. The van der Waals surface area contributed by atoms with Crippen molar-refractivity contribution in [2.24, 2.45) is 0 Å². The topological polar surface area (TPSA) is 44.1 Å². The van der Waals surface area contributed by atoms with Crippen LogP contribution in [0.2, 0.25) is 0 Å². The molecule has 2 rings (SSSR count). The Hall–Kier alpha value is -2.10. The van der Waals surface area contributed by atoms with Gasteiger partial charge in [0.15, 0.2) is 0 Å². The van der Waals surface area contributed by atoms with E-state index in [-0.39, 0.29) is 12.1 Å². The lowest BCUT2D eigenvalue weighted by Gasteiger charge is -2.05. The van der Waals surface area contributed by atoms with Crippen LogP contribution >= 0.6 is 0 Å². The minimum Gasteiger partial charge on any atom is -0.459 e. The van der Waals surface area contributed by atoms with E-state index in [4.69, 9.17) is 4.74 Å². The lowest BCUT2D eigenvalue weighted by Crippen LogP contribution is -2.10. The van der Waals surface area contributed by atoms with Crippen molar-refractivity contribution < 1.29 is 9.53 Å². The molecule has 0 amide bonds. The molecule has 4 nitrogen and oxygen atoms in total. The molecular weight excluding hydrogens is 216 g/mol. The number of para-hydroxylation sites is 1. The van der Waals surface area contributed by atoms with E-state index in [0.29, 0.717) is 5.56 Å². The van der Waals surface area contributed by atoms with Crippen LogP contribution in [0.3, 0.4) is 0 Å². The first kappa shape index (κ1) is 11.4. The Morgan fingerprint density at radius 1 is 1.29 bits per heavy atom. The fourth-order valence-corrected chi connectivity index (χ4v) is 1.43. The Bertz CT molecular complexity index is 503. The van der Waals surface area contributed by atoms with Gasteiger partial charge in [-0.05, 0) is 26.0 Å². The van der Waals surface area contributed by atoms with E-state index in [1.54, 1.807) is 10.9 Å². The van der Waals surface area contributed by atoms with Gasteiger partial charge >= 0.3 is 5.97 Å². The van der Waals surface area contributed by atoms with Crippen LogP contribution < -0.4 is 0 Å². The number of rotatable bonds is 3. The Balaban J connectivity index is 2.19. The standard InChI is InChI=1S/C13H14N2O2/c1-10(2)17-13(16)11-8-14-15(9-11)12-6-4-3-5-7-12/h3-10H,1-2H3. The average Bonchev–Trinajstić information content (AvgIpc) is 2.78. The lowest BCUT2D eigenvalue weighted by molar-refractivity contribution is 0.0378. The second-order valence-corrected chi connectivity index (χ2v) is 3.96. The molecule has 0 radical (unpaired) electrons. The SMILES string of the molecule is CC(C)OC(=O)c1cnn(-c2ccccc2)c1. The Morgan fingerprint density at radius 2 is 2.00 bits per heavy atom. The molecule has 17 heavy (non-hydrogen) atoms. The molecular formula is C13H14N2O2. The van der Waals surface area contributed by atoms with Crippen LogP contribution in [0.15, 0.2) is 42.7 Å². The van der Waals surface area contributed by atoms with Crippen molar-refractivity contribution >= 4 is 5.97 Å². The second-order valence-electron chi connectivity index (χ2n) is 3.96. The molecule has 0 saturated heterocycles. The summed E-state index contributed by atoms with van der Waals surface area (Å²) >= 11 is 0. The van der Waals surface area contributed by atoms with E-state index >= 15 is 0 Å². The highest BCUT2D eigenvalue weighted by molar-refractivity contribution is 5.89. The Labute approximate surface area is 99.8 Å². The fraction of sp³-hybridized carbons (Fsp3) is 0.231. The summed E-state index contributed by atoms with van der Waals surface area (Å²) in [6, 6.07) is 9.61.